The summed E-state index contributed by atoms with van der Waals surface area (Å²) in [6.07, 6.45) is 0.903. The first-order valence-electron chi connectivity index (χ1n) is 5.15. The van der Waals surface area contributed by atoms with E-state index in [1.165, 1.54) is 18.2 Å². The maximum Gasteiger partial charge on any atom is 0.310 e. The average Bonchev–Trinajstić information content (AvgIpc) is 2.21. The summed E-state index contributed by atoms with van der Waals surface area (Å²) in [5.41, 5.74) is 0.455. The van der Waals surface area contributed by atoms with Gasteiger partial charge in [-0.05, 0) is 30.7 Å². The zero-order valence-corrected chi connectivity index (χ0v) is 11.5. The monoisotopic (exact) mass is 292 g/mol. The number of ether oxygens (including phenoxy) is 1. The fourth-order valence-electron chi connectivity index (χ4n) is 1.28. The Kier molecular flexibility index (Phi) is 4.98. The summed E-state index contributed by atoms with van der Waals surface area (Å²) in [5.74, 6) is -0.322. The summed E-state index contributed by atoms with van der Waals surface area (Å²) < 4.78 is 31.4. The van der Waals surface area contributed by atoms with E-state index in [1.54, 1.807) is 6.92 Å². The van der Waals surface area contributed by atoms with Crippen LogP contribution in [0.1, 0.15) is 12.5 Å². The Labute approximate surface area is 111 Å². The zero-order chi connectivity index (χ0) is 13.8. The van der Waals surface area contributed by atoms with Crippen LogP contribution in [0.4, 0.5) is 0 Å². The highest BCUT2D eigenvalue weighted by molar-refractivity contribution is 7.86. The van der Waals surface area contributed by atoms with Gasteiger partial charge in [0.25, 0.3) is 0 Å². The molecule has 0 aliphatic heterocycles. The lowest BCUT2D eigenvalue weighted by atomic mass is 10.1. The lowest BCUT2D eigenvalue weighted by molar-refractivity contribution is -0.142. The summed E-state index contributed by atoms with van der Waals surface area (Å²) >= 11 is 5.90. The van der Waals surface area contributed by atoms with Crippen LogP contribution in [0.3, 0.4) is 0 Å². The highest BCUT2D eigenvalue weighted by Crippen LogP contribution is 2.23. The molecule has 0 aromatic heterocycles. The van der Waals surface area contributed by atoms with Crippen molar-refractivity contribution in [1.82, 2.24) is 0 Å². The van der Waals surface area contributed by atoms with Crippen molar-refractivity contribution in [2.45, 2.75) is 13.3 Å². The molecule has 100 valence electrons. The molecule has 0 spiro atoms. The van der Waals surface area contributed by atoms with E-state index in [2.05, 4.69) is 0 Å². The molecule has 7 heteroatoms. The number of halogens is 1. The van der Waals surface area contributed by atoms with E-state index in [4.69, 9.17) is 20.5 Å². The molecule has 5 nitrogen and oxygen atoms in total. The summed E-state index contributed by atoms with van der Waals surface area (Å²) in [6.45, 7) is 1.97. The van der Waals surface area contributed by atoms with Crippen LogP contribution in [0, 0.1) is 0 Å². The van der Waals surface area contributed by atoms with Gasteiger partial charge in [0.1, 0.15) is 5.75 Å². The number of benzene rings is 1. The first-order valence-corrected chi connectivity index (χ1v) is 7.34. The van der Waals surface area contributed by atoms with E-state index in [-0.39, 0.29) is 18.8 Å². The summed E-state index contributed by atoms with van der Waals surface area (Å²) in [4.78, 5) is 11.3. The van der Waals surface area contributed by atoms with Crippen LogP contribution in [0.15, 0.2) is 18.2 Å². The fourth-order valence-corrected chi connectivity index (χ4v) is 1.92. The van der Waals surface area contributed by atoms with Crippen molar-refractivity contribution in [2.75, 3.05) is 12.9 Å². The Hall–Kier alpha value is -1.27. The second-order valence-electron chi connectivity index (χ2n) is 3.52. The minimum absolute atomic E-state index is 0.0341. The van der Waals surface area contributed by atoms with Gasteiger partial charge in [-0.1, -0.05) is 11.6 Å². The molecule has 1 rings (SSSR count). The number of hydrogen-bond donors (Lipinski definition) is 0. The normalized spacial score (nSPS) is 11.1. The molecule has 0 atom stereocenters. The smallest absolute Gasteiger partial charge is 0.310 e. The first-order chi connectivity index (χ1) is 8.31. The molecule has 0 heterocycles. The van der Waals surface area contributed by atoms with Crippen LogP contribution in [-0.2, 0) is 26.1 Å². The second kappa shape index (κ2) is 6.06. The Morgan fingerprint density at radius 3 is 2.61 bits per heavy atom. The molecule has 0 amide bonds. The van der Waals surface area contributed by atoms with Crippen molar-refractivity contribution in [3.63, 3.8) is 0 Å². The zero-order valence-electron chi connectivity index (χ0n) is 9.97. The highest BCUT2D eigenvalue weighted by Gasteiger charge is 2.11. The van der Waals surface area contributed by atoms with Crippen LogP contribution in [-0.4, -0.2) is 27.2 Å². The van der Waals surface area contributed by atoms with E-state index in [9.17, 15) is 13.2 Å². The molecule has 0 N–H and O–H groups in total. The third-order valence-corrected chi connectivity index (χ3v) is 2.77. The van der Waals surface area contributed by atoms with Gasteiger partial charge in [0.15, 0.2) is 0 Å². The van der Waals surface area contributed by atoms with E-state index in [1.807, 2.05) is 0 Å². The SMILES string of the molecule is CCOC(=O)Cc1cc(OS(C)(=O)=O)ccc1Cl. The molecule has 0 fully saturated rings. The summed E-state index contributed by atoms with van der Waals surface area (Å²) in [7, 11) is -3.60. The topological polar surface area (TPSA) is 69.7 Å². The fraction of sp³-hybridized carbons (Fsp3) is 0.364. The molecule has 0 saturated carbocycles. The van der Waals surface area contributed by atoms with Crippen LogP contribution in [0.25, 0.3) is 0 Å². The minimum Gasteiger partial charge on any atom is -0.466 e. The number of hydrogen-bond acceptors (Lipinski definition) is 5. The molecule has 0 radical (unpaired) electrons. The molecule has 1 aromatic rings. The Balaban J connectivity index is 2.91. The van der Waals surface area contributed by atoms with Gasteiger partial charge < -0.3 is 8.92 Å². The van der Waals surface area contributed by atoms with Gasteiger partial charge in [-0.25, -0.2) is 0 Å². The predicted molar refractivity (Wildman–Crippen MR) is 67.3 cm³/mol. The van der Waals surface area contributed by atoms with Gasteiger partial charge in [-0.2, -0.15) is 8.42 Å². The maximum atomic E-state index is 11.3. The van der Waals surface area contributed by atoms with Crippen LogP contribution >= 0.6 is 11.6 Å². The Bertz CT molecular complexity index is 538. The van der Waals surface area contributed by atoms with Gasteiger partial charge in [0.2, 0.25) is 0 Å². The van der Waals surface area contributed by atoms with Crippen molar-refractivity contribution < 1.29 is 22.1 Å². The lowest BCUT2D eigenvalue weighted by Crippen LogP contribution is -2.09. The van der Waals surface area contributed by atoms with Crippen LogP contribution in [0.5, 0.6) is 5.75 Å². The Morgan fingerprint density at radius 2 is 2.06 bits per heavy atom. The largest absolute Gasteiger partial charge is 0.466 e. The summed E-state index contributed by atoms with van der Waals surface area (Å²) in [6, 6.07) is 4.29. The van der Waals surface area contributed by atoms with Crippen molar-refractivity contribution in [2.24, 2.45) is 0 Å². The third kappa shape index (κ3) is 4.93. The van der Waals surface area contributed by atoms with Crippen molar-refractivity contribution in [3.05, 3.63) is 28.8 Å². The average molecular weight is 293 g/mol. The molecule has 0 saturated heterocycles. The van der Waals surface area contributed by atoms with Gasteiger partial charge in [0.05, 0.1) is 19.3 Å². The molecular formula is C11H13ClO5S. The number of esters is 1. The standard InChI is InChI=1S/C11H13ClO5S/c1-3-16-11(13)7-8-6-9(4-5-10(8)12)17-18(2,14)15/h4-6H,3,7H2,1-2H3. The second-order valence-corrected chi connectivity index (χ2v) is 5.50. The molecular weight excluding hydrogens is 280 g/mol. The van der Waals surface area contributed by atoms with Gasteiger partial charge >= 0.3 is 16.1 Å². The van der Waals surface area contributed by atoms with E-state index >= 15 is 0 Å². The molecule has 0 aliphatic rings. The number of carbonyl (C=O) groups is 1. The lowest BCUT2D eigenvalue weighted by Gasteiger charge is -2.07. The highest BCUT2D eigenvalue weighted by atomic mass is 35.5. The van der Waals surface area contributed by atoms with Gasteiger partial charge in [-0.3, -0.25) is 4.79 Å². The molecule has 0 bridgehead atoms. The van der Waals surface area contributed by atoms with Crippen molar-refractivity contribution in [3.8, 4) is 5.75 Å². The predicted octanol–water partition coefficient (Wildman–Crippen LogP) is 1.78. The Morgan fingerprint density at radius 1 is 1.39 bits per heavy atom. The van der Waals surface area contributed by atoms with Gasteiger partial charge in [-0.15, -0.1) is 0 Å². The van der Waals surface area contributed by atoms with E-state index in [0.717, 1.165) is 6.26 Å². The quantitative estimate of drug-likeness (QED) is 0.611. The molecule has 0 aliphatic carbocycles. The third-order valence-electron chi connectivity index (χ3n) is 1.90. The molecule has 18 heavy (non-hydrogen) atoms. The van der Waals surface area contributed by atoms with Gasteiger partial charge in [0, 0.05) is 5.02 Å². The van der Waals surface area contributed by atoms with E-state index < -0.39 is 16.1 Å². The summed E-state index contributed by atoms with van der Waals surface area (Å²) in [5, 5.41) is 0.351. The molecule has 1 aromatic carbocycles. The number of rotatable bonds is 5. The minimum atomic E-state index is -3.60. The van der Waals surface area contributed by atoms with Crippen molar-refractivity contribution >= 4 is 27.7 Å². The first kappa shape index (κ1) is 14.8. The van der Waals surface area contributed by atoms with Crippen LogP contribution < -0.4 is 4.18 Å². The van der Waals surface area contributed by atoms with Crippen molar-refractivity contribution in [1.29, 1.82) is 0 Å². The molecule has 0 unspecified atom stereocenters. The maximum absolute atomic E-state index is 11.3. The number of carbonyl (C=O) groups excluding carboxylic acids is 1. The van der Waals surface area contributed by atoms with E-state index in [0.29, 0.717) is 10.6 Å². The van der Waals surface area contributed by atoms with Crippen LogP contribution in [0.2, 0.25) is 5.02 Å².